The van der Waals surface area contributed by atoms with Gasteiger partial charge in [0.05, 0.1) is 22.7 Å². The molecule has 0 saturated carbocycles. The minimum atomic E-state index is -0.133. The summed E-state index contributed by atoms with van der Waals surface area (Å²) in [5.74, 6) is 0.339. The molecule has 1 unspecified atom stereocenters. The normalized spacial score (nSPS) is 12.3. The van der Waals surface area contributed by atoms with Crippen LogP contribution in [0.15, 0.2) is 58.5 Å². The van der Waals surface area contributed by atoms with Gasteiger partial charge in [-0.1, -0.05) is 67.5 Å². The first-order valence-corrected chi connectivity index (χ1v) is 10.9. The average Bonchev–Trinajstić information content (AvgIpc) is 2.69. The van der Waals surface area contributed by atoms with Crippen LogP contribution in [-0.2, 0) is 11.3 Å². The molecule has 0 aliphatic heterocycles. The number of carbonyl (C=O) groups excluding carboxylic acids is 1. The molecule has 5 nitrogen and oxygen atoms in total. The monoisotopic (exact) mass is 429 g/mol. The van der Waals surface area contributed by atoms with Gasteiger partial charge in [0.25, 0.3) is 5.56 Å². The number of hydrogen-bond donors (Lipinski definition) is 1. The third-order valence-corrected chi connectivity index (χ3v) is 5.65. The summed E-state index contributed by atoms with van der Waals surface area (Å²) in [5, 5.41) is 4.53. The Hall–Kier alpha value is -2.31. The average molecular weight is 430 g/mol. The second-order valence-corrected chi connectivity index (χ2v) is 8.73. The number of rotatable bonds is 7. The smallest absolute Gasteiger partial charge is 0.262 e. The zero-order valence-corrected chi connectivity index (χ0v) is 18.3. The fraction of sp³-hybridized carbons (Fsp3) is 0.318. The van der Waals surface area contributed by atoms with Crippen molar-refractivity contribution in [3.05, 3.63) is 69.5 Å². The van der Waals surface area contributed by atoms with Gasteiger partial charge in [-0.2, -0.15) is 0 Å². The van der Waals surface area contributed by atoms with Crippen molar-refractivity contribution < 1.29 is 4.79 Å². The predicted octanol–water partition coefficient (Wildman–Crippen LogP) is 4.68. The zero-order chi connectivity index (χ0) is 21.0. The van der Waals surface area contributed by atoms with Crippen molar-refractivity contribution in [2.75, 3.05) is 5.75 Å². The van der Waals surface area contributed by atoms with E-state index in [1.807, 2.05) is 51.1 Å². The molecule has 1 heterocycles. The molecular weight excluding hydrogens is 406 g/mol. The van der Waals surface area contributed by atoms with Crippen LogP contribution in [0.3, 0.4) is 0 Å². The molecule has 1 amide bonds. The molecule has 0 aliphatic carbocycles. The van der Waals surface area contributed by atoms with Crippen LogP contribution in [0.4, 0.5) is 0 Å². The van der Waals surface area contributed by atoms with Gasteiger partial charge < -0.3 is 5.32 Å². The minimum absolute atomic E-state index is 0.0890. The Kier molecular flexibility index (Phi) is 6.98. The Bertz CT molecular complexity index is 1070. The van der Waals surface area contributed by atoms with Crippen LogP contribution in [0.1, 0.15) is 32.4 Å². The molecule has 7 heteroatoms. The highest BCUT2D eigenvalue weighted by Gasteiger charge is 2.16. The number of fused-ring (bicyclic) bond motifs is 1. The number of amides is 1. The topological polar surface area (TPSA) is 64.0 Å². The zero-order valence-electron chi connectivity index (χ0n) is 16.7. The van der Waals surface area contributed by atoms with Gasteiger partial charge >= 0.3 is 0 Å². The number of carbonyl (C=O) groups is 1. The lowest BCUT2D eigenvalue weighted by atomic mass is 10.1. The van der Waals surface area contributed by atoms with Crippen LogP contribution in [0.25, 0.3) is 10.9 Å². The number of benzene rings is 2. The molecule has 3 rings (SSSR count). The van der Waals surface area contributed by atoms with Gasteiger partial charge in [0.15, 0.2) is 5.16 Å². The molecule has 0 bridgehead atoms. The molecule has 0 spiro atoms. The molecule has 1 N–H and O–H groups in total. The highest BCUT2D eigenvalue weighted by atomic mass is 35.5. The van der Waals surface area contributed by atoms with Gasteiger partial charge in [-0.15, -0.1) is 0 Å². The standard InChI is InChI=1S/C22H24ClN3O2S/c1-14(2)12-26-21(28)18-11-17(23)9-10-19(18)25-22(26)29-13-20(27)24-15(3)16-7-5-4-6-8-16/h4-11,14-15H,12-13H2,1-3H3,(H,24,27). The number of halogens is 1. The summed E-state index contributed by atoms with van der Waals surface area (Å²) in [6.07, 6.45) is 0. The van der Waals surface area contributed by atoms with E-state index in [4.69, 9.17) is 11.6 Å². The highest BCUT2D eigenvalue weighted by molar-refractivity contribution is 7.99. The van der Waals surface area contributed by atoms with E-state index in [1.165, 1.54) is 11.8 Å². The summed E-state index contributed by atoms with van der Waals surface area (Å²) in [6, 6.07) is 14.8. The van der Waals surface area contributed by atoms with Crippen LogP contribution < -0.4 is 10.9 Å². The van der Waals surface area contributed by atoms with Gasteiger partial charge in [0.1, 0.15) is 0 Å². The van der Waals surface area contributed by atoms with Gasteiger partial charge in [0, 0.05) is 11.6 Å². The maximum Gasteiger partial charge on any atom is 0.262 e. The van der Waals surface area contributed by atoms with E-state index in [2.05, 4.69) is 10.3 Å². The summed E-state index contributed by atoms with van der Waals surface area (Å²) in [6.45, 7) is 6.55. The molecule has 0 aliphatic rings. The molecule has 0 fully saturated rings. The molecule has 152 valence electrons. The van der Waals surface area contributed by atoms with Crippen molar-refractivity contribution in [1.29, 1.82) is 0 Å². The van der Waals surface area contributed by atoms with E-state index in [9.17, 15) is 9.59 Å². The molecule has 29 heavy (non-hydrogen) atoms. The second kappa shape index (κ2) is 9.46. The van der Waals surface area contributed by atoms with Gasteiger partial charge in [-0.05, 0) is 36.6 Å². The van der Waals surface area contributed by atoms with Crippen LogP contribution in [-0.4, -0.2) is 21.2 Å². The maximum absolute atomic E-state index is 13.0. The molecule has 2 aromatic carbocycles. The summed E-state index contributed by atoms with van der Waals surface area (Å²) in [7, 11) is 0. The third-order valence-electron chi connectivity index (χ3n) is 4.44. The number of hydrogen-bond acceptors (Lipinski definition) is 4. The lowest BCUT2D eigenvalue weighted by Gasteiger charge is -2.16. The van der Waals surface area contributed by atoms with Crippen molar-refractivity contribution in [1.82, 2.24) is 14.9 Å². The van der Waals surface area contributed by atoms with Crippen molar-refractivity contribution in [2.24, 2.45) is 5.92 Å². The van der Waals surface area contributed by atoms with Crippen molar-refractivity contribution in [2.45, 2.75) is 38.5 Å². The van der Waals surface area contributed by atoms with Crippen LogP contribution in [0.5, 0.6) is 0 Å². The third kappa shape index (κ3) is 5.40. The molecule has 3 aromatic rings. The fourth-order valence-corrected chi connectivity index (χ4v) is 4.04. The number of thioether (sulfide) groups is 1. The van der Waals surface area contributed by atoms with Gasteiger partial charge in [0.2, 0.25) is 5.91 Å². The molecule has 1 aromatic heterocycles. The minimum Gasteiger partial charge on any atom is -0.349 e. The number of nitrogens with zero attached hydrogens (tertiary/aromatic N) is 2. The molecule has 1 atom stereocenters. The first-order chi connectivity index (χ1) is 13.8. The number of nitrogens with one attached hydrogen (secondary N) is 1. The number of aromatic nitrogens is 2. The van der Waals surface area contributed by atoms with Crippen LogP contribution in [0, 0.1) is 5.92 Å². The largest absolute Gasteiger partial charge is 0.349 e. The van der Waals surface area contributed by atoms with E-state index >= 15 is 0 Å². The summed E-state index contributed by atoms with van der Waals surface area (Å²) in [4.78, 5) is 30.1. The maximum atomic E-state index is 13.0. The summed E-state index contributed by atoms with van der Waals surface area (Å²) < 4.78 is 1.64. The Morgan fingerprint density at radius 2 is 1.90 bits per heavy atom. The Morgan fingerprint density at radius 3 is 2.59 bits per heavy atom. The Balaban J connectivity index is 1.80. The molecule has 0 radical (unpaired) electrons. The van der Waals surface area contributed by atoms with E-state index in [0.717, 1.165) is 5.56 Å². The summed E-state index contributed by atoms with van der Waals surface area (Å²) in [5.41, 5.74) is 1.50. The lowest BCUT2D eigenvalue weighted by Crippen LogP contribution is -2.29. The van der Waals surface area contributed by atoms with Crippen LogP contribution >= 0.6 is 23.4 Å². The quantitative estimate of drug-likeness (QED) is 0.437. The van der Waals surface area contributed by atoms with Crippen LogP contribution in [0.2, 0.25) is 5.02 Å². The summed E-state index contributed by atoms with van der Waals surface area (Å²) >= 11 is 7.33. The molecular formula is C22H24ClN3O2S. The Morgan fingerprint density at radius 1 is 1.17 bits per heavy atom. The second-order valence-electron chi connectivity index (χ2n) is 7.35. The van der Waals surface area contributed by atoms with E-state index in [1.54, 1.807) is 22.8 Å². The Labute approximate surface area is 179 Å². The first-order valence-electron chi connectivity index (χ1n) is 9.52. The van der Waals surface area contributed by atoms with E-state index < -0.39 is 0 Å². The lowest BCUT2D eigenvalue weighted by molar-refractivity contribution is -0.119. The van der Waals surface area contributed by atoms with Gasteiger partial charge in [-0.25, -0.2) is 4.98 Å². The highest BCUT2D eigenvalue weighted by Crippen LogP contribution is 2.21. The van der Waals surface area contributed by atoms with Crippen molar-refractivity contribution >= 4 is 40.2 Å². The fourth-order valence-electron chi connectivity index (χ4n) is 3.05. The van der Waals surface area contributed by atoms with Crippen molar-refractivity contribution in [3.8, 4) is 0 Å². The predicted molar refractivity (Wildman–Crippen MR) is 120 cm³/mol. The molecule has 0 saturated heterocycles. The van der Waals surface area contributed by atoms with Gasteiger partial charge in [-0.3, -0.25) is 14.2 Å². The van der Waals surface area contributed by atoms with E-state index in [-0.39, 0.29) is 29.2 Å². The van der Waals surface area contributed by atoms with Crippen molar-refractivity contribution in [3.63, 3.8) is 0 Å². The first kappa shape index (κ1) is 21.4. The van der Waals surface area contributed by atoms with E-state index in [0.29, 0.717) is 27.6 Å². The SMILES string of the molecule is CC(C)Cn1c(SCC(=O)NC(C)c2ccccc2)nc2ccc(Cl)cc2c1=O.